The van der Waals surface area contributed by atoms with E-state index in [-0.39, 0.29) is 6.04 Å². The van der Waals surface area contributed by atoms with Gasteiger partial charge in [0.05, 0.1) is 7.11 Å². The van der Waals surface area contributed by atoms with E-state index in [4.69, 9.17) is 10.3 Å². The van der Waals surface area contributed by atoms with Crippen LogP contribution in [0.2, 0.25) is 0 Å². The van der Waals surface area contributed by atoms with Crippen LogP contribution < -0.4 is 5.73 Å². The van der Waals surface area contributed by atoms with Crippen molar-refractivity contribution in [1.82, 2.24) is 4.90 Å². The van der Waals surface area contributed by atoms with Crippen LogP contribution in [-0.4, -0.2) is 51.0 Å². The van der Waals surface area contributed by atoms with Gasteiger partial charge < -0.3 is 10.6 Å². The van der Waals surface area contributed by atoms with Crippen LogP contribution in [-0.2, 0) is 19.4 Å². The van der Waals surface area contributed by atoms with Crippen LogP contribution in [0.15, 0.2) is 12.2 Å². The molecule has 96 valence electrons. The largest absolute Gasteiger partial charge is 0.397 e. The lowest BCUT2D eigenvalue weighted by Gasteiger charge is -2.19. The standard InChI is InChI=1S/C7H14N2O.CH4O4S/c1-5(7(8)10)6(2)9(3)4;1-5-6(2,3)4/h6H,1H2,2-4H3,(H2,8,10);1H3,(H,2,3,4). The number of rotatable bonds is 4. The monoisotopic (exact) mass is 254 g/mol. The summed E-state index contributed by atoms with van der Waals surface area (Å²) in [5.41, 5.74) is 5.46. The molecule has 8 heteroatoms. The number of primary amides is 1. The summed E-state index contributed by atoms with van der Waals surface area (Å²) in [5, 5.41) is 0. The fourth-order valence-corrected chi connectivity index (χ4v) is 0.518. The van der Waals surface area contributed by atoms with Crippen LogP contribution >= 0.6 is 0 Å². The van der Waals surface area contributed by atoms with Gasteiger partial charge in [-0.05, 0) is 21.0 Å². The van der Waals surface area contributed by atoms with E-state index in [1.165, 1.54) is 0 Å². The molecule has 0 bridgehead atoms. The number of hydrogen-bond donors (Lipinski definition) is 2. The molecular formula is C8H18N2O5S. The Bertz CT molecular complexity index is 336. The van der Waals surface area contributed by atoms with E-state index in [1.807, 2.05) is 25.9 Å². The number of likely N-dealkylation sites (N-methyl/N-ethyl adjacent to an activating group) is 1. The van der Waals surface area contributed by atoms with Gasteiger partial charge in [0.15, 0.2) is 0 Å². The molecule has 0 heterocycles. The second kappa shape index (κ2) is 7.34. The van der Waals surface area contributed by atoms with Gasteiger partial charge in [-0.2, -0.15) is 8.42 Å². The van der Waals surface area contributed by atoms with Crippen LogP contribution in [0, 0.1) is 0 Å². The van der Waals surface area contributed by atoms with Crippen molar-refractivity contribution in [3.63, 3.8) is 0 Å². The lowest BCUT2D eigenvalue weighted by molar-refractivity contribution is -0.115. The molecule has 0 saturated carbocycles. The van der Waals surface area contributed by atoms with Gasteiger partial charge in [-0.25, -0.2) is 0 Å². The summed E-state index contributed by atoms with van der Waals surface area (Å²) >= 11 is 0. The molecule has 0 fully saturated rings. The van der Waals surface area contributed by atoms with E-state index in [2.05, 4.69) is 10.8 Å². The molecule has 0 aliphatic rings. The summed E-state index contributed by atoms with van der Waals surface area (Å²) in [7, 11) is 0.456. The fourth-order valence-electron chi connectivity index (χ4n) is 0.518. The molecule has 1 amide bonds. The zero-order valence-corrected chi connectivity index (χ0v) is 10.6. The Labute approximate surface area is 95.8 Å². The summed E-state index contributed by atoms with van der Waals surface area (Å²) in [6.45, 7) is 5.44. The Morgan fingerprint density at radius 2 is 1.81 bits per heavy atom. The van der Waals surface area contributed by atoms with Gasteiger partial charge >= 0.3 is 10.4 Å². The maximum atomic E-state index is 10.5. The first-order chi connectivity index (χ1) is 7.02. The third-order valence-corrected chi connectivity index (χ3v) is 2.23. The Morgan fingerprint density at radius 3 is 1.88 bits per heavy atom. The maximum absolute atomic E-state index is 10.5. The number of carbonyl (C=O) groups excluding carboxylic acids is 1. The molecule has 0 rings (SSSR count). The predicted molar refractivity (Wildman–Crippen MR) is 60.0 cm³/mol. The number of nitrogens with zero attached hydrogens (tertiary/aromatic N) is 1. The summed E-state index contributed by atoms with van der Waals surface area (Å²) < 4.78 is 29.7. The molecule has 0 aliphatic carbocycles. The second-order valence-electron chi connectivity index (χ2n) is 3.12. The highest BCUT2D eigenvalue weighted by Gasteiger charge is 2.12. The molecule has 0 aromatic rings. The van der Waals surface area contributed by atoms with Gasteiger partial charge in [0.1, 0.15) is 0 Å². The fraction of sp³-hybridized carbons (Fsp3) is 0.625. The maximum Gasteiger partial charge on any atom is 0.397 e. The molecule has 1 unspecified atom stereocenters. The molecule has 1 atom stereocenters. The quantitative estimate of drug-likeness (QED) is 0.512. The average molecular weight is 254 g/mol. The van der Waals surface area contributed by atoms with Crippen LogP contribution in [0.4, 0.5) is 0 Å². The van der Waals surface area contributed by atoms with Crippen molar-refractivity contribution in [2.45, 2.75) is 13.0 Å². The second-order valence-corrected chi connectivity index (χ2v) is 4.31. The van der Waals surface area contributed by atoms with E-state index >= 15 is 0 Å². The highest BCUT2D eigenvalue weighted by atomic mass is 32.3. The molecular weight excluding hydrogens is 236 g/mol. The molecule has 7 nitrogen and oxygen atoms in total. The number of nitrogens with two attached hydrogens (primary N) is 1. The van der Waals surface area contributed by atoms with Crippen molar-refractivity contribution in [3.8, 4) is 0 Å². The van der Waals surface area contributed by atoms with E-state index in [9.17, 15) is 13.2 Å². The van der Waals surface area contributed by atoms with Crippen LogP contribution in [0.1, 0.15) is 6.92 Å². The molecule has 0 saturated heterocycles. The van der Waals surface area contributed by atoms with E-state index in [0.29, 0.717) is 5.57 Å². The van der Waals surface area contributed by atoms with Gasteiger partial charge in [-0.15, -0.1) is 0 Å². The minimum atomic E-state index is -4.16. The molecule has 0 radical (unpaired) electrons. The molecule has 16 heavy (non-hydrogen) atoms. The van der Waals surface area contributed by atoms with Crippen molar-refractivity contribution in [1.29, 1.82) is 0 Å². The van der Waals surface area contributed by atoms with Crippen molar-refractivity contribution in [2.75, 3.05) is 21.2 Å². The van der Waals surface area contributed by atoms with E-state index in [1.54, 1.807) is 0 Å². The van der Waals surface area contributed by atoms with Gasteiger partial charge in [0, 0.05) is 11.6 Å². The average Bonchev–Trinajstić information content (AvgIpc) is 2.15. The number of carbonyl (C=O) groups is 1. The van der Waals surface area contributed by atoms with Gasteiger partial charge in [-0.3, -0.25) is 13.5 Å². The first-order valence-corrected chi connectivity index (χ1v) is 5.57. The predicted octanol–water partition coefficient (Wildman–Crippen LogP) is -0.586. The smallest absolute Gasteiger partial charge is 0.366 e. The van der Waals surface area contributed by atoms with Crippen LogP contribution in [0.25, 0.3) is 0 Å². The normalized spacial score (nSPS) is 12.6. The Balaban J connectivity index is 0. The highest BCUT2D eigenvalue weighted by molar-refractivity contribution is 7.80. The third kappa shape index (κ3) is 9.59. The minimum Gasteiger partial charge on any atom is -0.366 e. The van der Waals surface area contributed by atoms with Crippen molar-refractivity contribution in [2.24, 2.45) is 5.73 Å². The summed E-state index contributed by atoms with van der Waals surface area (Å²) in [5.74, 6) is -0.429. The zero-order valence-electron chi connectivity index (χ0n) is 9.80. The number of amides is 1. The SMILES string of the molecule is C=C(C(N)=O)C(C)N(C)C.COS(=O)(=O)O. The lowest BCUT2D eigenvalue weighted by atomic mass is 10.1. The zero-order chi connectivity index (χ0) is 13.5. The van der Waals surface area contributed by atoms with Gasteiger partial charge in [0.25, 0.3) is 0 Å². The Kier molecular flexibility index (Phi) is 7.99. The van der Waals surface area contributed by atoms with Crippen molar-refractivity contribution < 1.29 is 21.9 Å². The summed E-state index contributed by atoms with van der Waals surface area (Å²) in [6, 6.07) is 0.0255. The van der Waals surface area contributed by atoms with Crippen LogP contribution in [0.5, 0.6) is 0 Å². The first-order valence-electron chi connectivity index (χ1n) is 4.21. The van der Waals surface area contributed by atoms with Crippen molar-refractivity contribution >= 4 is 16.3 Å². The minimum absolute atomic E-state index is 0.0255. The van der Waals surface area contributed by atoms with E-state index in [0.717, 1.165) is 7.11 Å². The Morgan fingerprint density at radius 1 is 1.50 bits per heavy atom. The number of hydrogen-bond acceptors (Lipinski definition) is 5. The molecule has 3 N–H and O–H groups in total. The molecule has 0 aromatic carbocycles. The first kappa shape index (κ1) is 17.4. The van der Waals surface area contributed by atoms with Crippen molar-refractivity contribution in [3.05, 3.63) is 12.2 Å². The molecule has 0 aromatic heterocycles. The lowest BCUT2D eigenvalue weighted by Crippen LogP contribution is -2.32. The molecule has 0 spiro atoms. The molecule has 0 aliphatic heterocycles. The van der Waals surface area contributed by atoms with E-state index < -0.39 is 16.3 Å². The highest BCUT2D eigenvalue weighted by Crippen LogP contribution is 2.02. The van der Waals surface area contributed by atoms with Gasteiger partial charge in [-0.1, -0.05) is 6.58 Å². The third-order valence-electron chi connectivity index (χ3n) is 1.81. The van der Waals surface area contributed by atoms with Crippen LogP contribution in [0.3, 0.4) is 0 Å². The topological polar surface area (TPSA) is 110 Å². The van der Waals surface area contributed by atoms with Gasteiger partial charge in [0.2, 0.25) is 5.91 Å². The summed E-state index contributed by atoms with van der Waals surface area (Å²) in [4.78, 5) is 12.4. The Hall–Kier alpha value is -0.960. The summed E-state index contributed by atoms with van der Waals surface area (Å²) in [6.07, 6.45) is 0.